The molecule has 1 aromatic rings. The first kappa shape index (κ1) is 12.5. The molecule has 0 fully saturated rings. The number of methoxy groups -OCH3 is 1. The van der Waals surface area contributed by atoms with E-state index in [-0.39, 0.29) is 11.1 Å². The van der Waals surface area contributed by atoms with Crippen molar-refractivity contribution in [1.29, 1.82) is 5.26 Å². The van der Waals surface area contributed by atoms with E-state index >= 15 is 0 Å². The molecule has 0 atom stereocenters. The highest BCUT2D eigenvalue weighted by Crippen LogP contribution is 2.28. The molecule has 0 spiro atoms. The zero-order valence-electron chi connectivity index (χ0n) is 7.88. The van der Waals surface area contributed by atoms with Crippen LogP contribution in [0.4, 0.5) is 0 Å². The lowest BCUT2D eigenvalue weighted by atomic mass is 10.1. The van der Waals surface area contributed by atoms with Gasteiger partial charge in [0.05, 0.1) is 18.0 Å². The fourth-order valence-corrected chi connectivity index (χ4v) is 2.01. The van der Waals surface area contributed by atoms with Crippen LogP contribution in [0.2, 0.25) is 0 Å². The van der Waals surface area contributed by atoms with E-state index < -0.39 is 0 Å². The predicted molar refractivity (Wildman–Crippen MR) is 68.6 cm³/mol. The number of hydrogen-bond donors (Lipinski definition) is 0. The maximum atomic E-state index is 11.5. The molecular weight excluding hydrogens is 373 g/mol. The Morgan fingerprint density at radius 2 is 2.33 bits per heavy atom. The van der Waals surface area contributed by atoms with Crippen molar-refractivity contribution in [2.75, 3.05) is 12.4 Å². The highest BCUT2D eigenvalue weighted by Gasteiger charge is 2.17. The van der Waals surface area contributed by atoms with Crippen molar-refractivity contribution in [2.24, 2.45) is 0 Å². The van der Waals surface area contributed by atoms with Gasteiger partial charge in [-0.2, -0.15) is 5.26 Å². The van der Waals surface area contributed by atoms with E-state index in [0.29, 0.717) is 16.9 Å². The number of rotatable bonds is 3. The lowest BCUT2D eigenvalue weighted by molar-refractivity contribution is 0.102. The van der Waals surface area contributed by atoms with Gasteiger partial charge in [-0.15, -0.1) is 0 Å². The fourth-order valence-electron chi connectivity index (χ4n) is 1.17. The van der Waals surface area contributed by atoms with E-state index in [0.717, 1.165) is 3.57 Å². The third-order valence-corrected chi connectivity index (χ3v) is 3.25. The molecule has 0 N–H and O–H groups in total. The standard InChI is InChI=1S/C10H7BrINO2/c1-15-10-6(9(14)4-11)2-3-8(12)7(10)5-13/h2-3H,4H2,1H3. The van der Waals surface area contributed by atoms with Gasteiger partial charge in [-0.1, -0.05) is 15.9 Å². The average Bonchev–Trinajstić information content (AvgIpc) is 2.27. The quantitative estimate of drug-likeness (QED) is 0.461. The molecule has 0 heterocycles. The number of nitrogens with zero attached hydrogens (tertiary/aromatic N) is 1. The summed E-state index contributed by atoms with van der Waals surface area (Å²) in [6.07, 6.45) is 0. The Hall–Kier alpha value is -0.610. The number of Topliss-reactive ketones (excluding diaryl/α,β-unsaturated/α-hetero) is 1. The Morgan fingerprint density at radius 3 is 2.80 bits per heavy atom. The van der Waals surface area contributed by atoms with Crippen LogP contribution < -0.4 is 4.74 Å². The summed E-state index contributed by atoms with van der Waals surface area (Å²) in [6.45, 7) is 0. The summed E-state index contributed by atoms with van der Waals surface area (Å²) in [5, 5.41) is 9.17. The third kappa shape index (κ3) is 2.49. The Kier molecular flexibility index (Phi) is 4.54. The van der Waals surface area contributed by atoms with Crippen LogP contribution in [-0.2, 0) is 0 Å². The highest BCUT2D eigenvalue weighted by atomic mass is 127. The first-order chi connectivity index (χ1) is 7.15. The maximum absolute atomic E-state index is 11.5. The summed E-state index contributed by atoms with van der Waals surface area (Å²) in [5.41, 5.74) is 0.844. The second kappa shape index (κ2) is 5.47. The molecule has 1 aromatic carbocycles. The zero-order valence-corrected chi connectivity index (χ0v) is 11.6. The molecule has 0 unspecified atom stereocenters. The van der Waals surface area contributed by atoms with Gasteiger partial charge in [0.25, 0.3) is 0 Å². The number of ether oxygens (including phenoxy) is 1. The van der Waals surface area contributed by atoms with Crippen LogP contribution in [0.25, 0.3) is 0 Å². The summed E-state index contributed by atoms with van der Waals surface area (Å²) in [7, 11) is 1.46. The van der Waals surface area contributed by atoms with Crippen molar-refractivity contribution in [2.45, 2.75) is 0 Å². The number of carbonyl (C=O) groups excluding carboxylic acids is 1. The van der Waals surface area contributed by atoms with E-state index in [2.05, 4.69) is 15.9 Å². The number of carbonyl (C=O) groups is 1. The Morgan fingerprint density at radius 1 is 1.67 bits per heavy atom. The van der Waals surface area contributed by atoms with Crippen LogP contribution >= 0.6 is 38.5 Å². The monoisotopic (exact) mass is 379 g/mol. The van der Waals surface area contributed by atoms with Gasteiger partial charge < -0.3 is 4.74 Å². The molecule has 0 aliphatic carbocycles. The summed E-state index contributed by atoms with van der Waals surface area (Å²) >= 11 is 5.13. The lowest BCUT2D eigenvalue weighted by Gasteiger charge is -2.09. The van der Waals surface area contributed by atoms with Gasteiger partial charge >= 0.3 is 0 Å². The first-order valence-electron chi connectivity index (χ1n) is 4.01. The molecule has 0 aliphatic heterocycles. The molecular formula is C10H7BrINO2. The van der Waals surface area contributed by atoms with Gasteiger partial charge in [-0.05, 0) is 34.7 Å². The van der Waals surface area contributed by atoms with Crippen molar-refractivity contribution < 1.29 is 9.53 Å². The molecule has 3 nitrogen and oxygen atoms in total. The number of halogens is 2. The maximum Gasteiger partial charge on any atom is 0.177 e. The minimum atomic E-state index is -0.0975. The van der Waals surface area contributed by atoms with Crippen LogP contribution in [0.5, 0.6) is 5.75 Å². The van der Waals surface area contributed by atoms with Gasteiger partial charge in [0.2, 0.25) is 0 Å². The molecule has 5 heteroatoms. The van der Waals surface area contributed by atoms with Crippen LogP contribution in [-0.4, -0.2) is 18.2 Å². The van der Waals surface area contributed by atoms with E-state index in [9.17, 15) is 4.79 Å². The number of nitriles is 1. The summed E-state index contributed by atoms with van der Waals surface area (Å²) < 4.78 is 5.88. The van der Waals surface area contributed by atoms with Gasteiger partial charge in [0.1, 0.15) is 17.4 Å². The normalized spacial score (nSPS) is 9.47. The summed E-state index contributed by atoms with van der Waals surface area (Å²) in [6, 6.07) is 5.44. The molecule has 0 aromatic heterocycles. The molecule has 0 saturated carbocycles. The molecule has 0 amide bonds. The highest BCUT2D eigenvalue weighted by molar-refractivity contribution is 14.1. The van der Waals surface area contributed by atoms with Crippen LogP contribution in [0, 0.1) is 14.9 Å². The second-order valence-electron chi connectivity index (χ2n) is 2.67. The summed E-state index contributed by atoms with van der Waals surface area (Å²) in [4.78, 5) is 11.5. The van der Waals surface area contributed by atoms with Crippen LogP contribution in [0.1, 0.15) is 15.9 Å². The van der Waals surface area contributed by atoms with Crippen LogP contribution in [0.15, 0.2) is 12.1 Å². The van der Waals surface area contributed by atoms with E-state index in [4.69, 9.17) is 10.00 Å². The minimum Gasteiger partial charge on any atom is -0.495 e. The number of alkyl halides is 1. The Labute approximate surface area is 110 Å². The lowest BCUT2D eigenvalue weighted by Crippen LogP contribution is -2.05. The topological polar surface area (TPSA) is 50.1 Å². The van der Waals surface area contributed by atoms with Gasteiger partial charge in [-0.3, -0.25) is 4.79 Å². The van der Waals surface area contributed by atoms with Crippen molar-refractivity contribution in [3.8, 4) is 11.8 Å². The van der Waals surface area contributed by atoms with Crippen molar-refractivity contribution >= 4 is 44.3 Å². The number of ketones is 1. The molecule has 1 rings (SSSR count). The molecule has 78 valence electrons. The van der Waals surface area contributed by atoms with E-state index in [1.807, 2.05) is 28.7 Å². The molecule has 0 aliphatic rings. The average molecular weight is 380 g/mol. The van der Waals surface area contributed by atoms with Crippen molar-refractivity contribution in [3.63, 3.8) is 0 Å². The van der Waals surface area contributed by atoms with E-state index in [1.165, 1.54) is 7.11 Å². The van der Waals surface area contributed by atoms with Crippen molar-refractivity contribution in [1.82, 2.24) is 0 Å². The first-order valence-corrected chi connectivity index (χ1v) is 6.21. The third-order valence-electron chi connectivity index (χ3n) is 1.84. The largest absolute Gasteiger partial charge is 0.495 e. The molecule has 0 saturated heterocycles. The van der Waals surface area contributed by atoms with Gasteiger partial charge in [0, 0.05) is 3.57 Å². The molecule has 0 bridgehead atoms. The Balaban J connectivity index is 3.43. The van der Waals surface area contributed by atoms with Gasteiger partial charge in [-0.25, -0.2) is 0 Å². The van der Waals surface area contributed by atoms with Crippen LogP contribution in [0.3, 0.4) is 0 Å². The van der Waals surface area contributed by atoms with Gasteiger partial charge in [0.15, 0.2) is 5.78 Å². The second-order valence-corrected chi connectivity index (χ2v) is 4.39. The Bertz CT molecular complexity index is 440. The SMILES string of the molecule is COc1c(C(=O)CBr)ccc(I)c1C#N. The van der Waals surface area contributed by atoms with Crippen molar-refractivity contribution in [3.05, 3.63) is 26.8 Å². The number of benzene rings is 1. The smallest absolute Gasteiger partial charge is 0.177 e. The summed E-state index contributed by atoms with van der Waals surface area (Å²) in [5.74, 6) is 0.258. The molecule has 15 heavy (non-hydrogen) atoms. The van der Waals surface area contributed by atoms with E-state index in [1.54, 1.807) is 12.1 Å². The zero-order chi connectivity index (χ0) is 11.4. The molecule has 0 radical (unpaired) electrons. The fraction of sp³-hybridized carbons (Fsp3) is 0.200. The minimum absolute atomic E-state index is 0.0975. The predicted octanol–water partition coefficient (Wildman–Crippen LogP) is 2.75. The number of hydrogen-bond acceptors (Lipinski definition) is 3.